The summed E-state index contributed by atoms with van der Waals surface area (Å²) in [5.74, 6) is 0.375. The number of benzene rings is 4. The maximum atomic E-state index is 14.3. The molecule has 0 radical (unpaired) electrons. The molecule has 1 aliphatic rings. The van der Waals surface area contributed by atoms with Crippen LogP contribution in [0.15, 0.2) is 113 Å². The van der Waals surface area contributed by atoms with E-state index in [4.69, 9.17) is 19.6 Å². The first kappa shape index (κ1) is 28.5. The van der Waals surface area contributed by atoms with Crippen molar-refractivity contribution in [3.8, 4) is 5.75 Å². The summed E-state index contributed by atoms with van der Waals surface area (Å²) >= 11 is 3.66. The number of ether oxygens (including phenoxy) is 2. The van der Waals surface area contributed by atoms with Crippen LogP contribution in [0, 0.1) is 5.82 Å². The van der Waals surface area contributed by atoms with E-state index in [9.17, 15) is 9.18 Å². The van der Waals surface area contributed by atoms with Crippen LogP contribution in [0.2, 0.25) is 0 Å². The lowest BCUT2D eigenvalue weighted by Crippen LogP contribution is -2.49. The highest BCUT2D eigenvalue weighted by atomic mass is 79.9. The van der Waals surface area contributed by atoms with Crippen LogP contribution in [-0.2, 0) is 22.5 Å². The molecule has 0 unspecified atom stereocenters. The molecular weight excluding hydrogens is 587 g/mol. The van der Waals surface area contributed by atoms with Crippen molar-refractivity contribution in [2.45, 2.75) is 31.0 Å². The predicted octanol–water partition coefficient (Wildman–Crippen LogP) is 6.17. The number of rotatable bonds is 11. The molecule has 4 aromatic carbocycles. The van der Waals surface area contributed by atoms with Crippen LogP contribution < -0.4 is 10.1 Å². The highest BCUT2D eigenvalue weighted by molar-refractivity contribution is 9.10. The molecule has 5 rings (SSSR count). The number of hydrogen-bond donors (Lipinski definition) is 2. The Morgan fingerprint density at radius 1 is 0.951 bits per heavy atom. The van der Waals surface area contributed by atoms with Crippen LogP contribution >= 0.6 is 15.9 Å². The molecular formula is C33H30BrFN2O4. The van der Waals surface area contributed by atoms with Gasteiger partial charge in [-0.3, -0.25) is 4.79 Å². The van der Waals surface area contributed by atoms with Crippen LogP contribution in [-0.4, -0.2) is 35.7 Å². The van der Waals surface area contributed by atoms with Crippen LogP contribution in [0.4, 0.5) is 4.39 Å². The van der Waals surface area contributed by atoms with Crippen molar-refractivity contribution in [1.82, 2.24) is 5.32 Å². The second-order valence-corrected chi connectivity index (χ2v) is 10.6. The number of hydrogen-bond acceptors (Lipinski definition) is 5. The Bertz CT molecular complexity index is 1500. The van der Waals surface area contributed by atoms with Gasteiger partial charge in [0.2, 0.25) is 5.90 Å². The lowest BCUT2D eigenvalue weighted by atomic mass is 9.82. The van der Waals surface area contributed by atoms with Gasteiger partial charge in [-0.05, 0) is 53.6 Å². The fourth-order valence-electron chi connectivity index (χ4n) is 4.79. The van der Waals surface area contributed by atoms with Crippen LogP contribution in [0.3, 0.4) is 0 Å². The zero-order valence-electron chi connectivity index (χ0n) is 22.3. The van der Waals surface area contributed by atoms with Gasteiger partial charge in [0.15, 0.2) is 11.6 Å². The minimum atomic E-state index is -1.34. The molecule has 0 bridgehead atoms. The van der Waals surface area contributed by atoms with Gasteiger partial charge in [0.05, 0.1) is 6.61 Å². The van der Waals surface area contributed by atoms with Crippen molar-refractivity contribution < 1.29 is 23.8 Å². The van der Waals surface area contributed by atoms with Gasteiger partial charge < -0.3 is 19.9 Å². The fraction of sp³-hybridized carbons (Fsp3) is 0.212. The third kappa shape index (κ3) is 6.66. The summed E-state index contributed by atoms with van der Waals surface area (Å²) in [6.07, 6.45) is 0.100. The average molecular weight is 618 g/mol. The number of aliphatic hydroxyl groups is 1. The third-order valence-electron chi connectivity index (χ3n) is 6.90. The summed E-state index contributed by atoms with van der Waals surface area (Å²) in [4.78, 5) is 19.3. The monoisotopic (exact) mass is 616 g/mol. The standard InChI is InChI=1S/C33H30BrFN2O4/c34-29-10-5-4-9-28(29)30-33(21-23-7-2-1-3-8-23,32(39)36-22-24-11-15-26(35)16-12-24)37-31(41-30)25-13-17-27(18-14-25)40-20-6-19-38/h1-5,7-18,30,38H,6,19-22H2,(H,36,39)/t30-,33-/m1/s1. The maximum Gasteiger partial charge on any atom is 0.252 e. The van der Waals surface area contributed by atoms with E-state index in [1.807, 2.05) is 78.9 Å². The van der Waals surface area contributed by atoms with Gasteiger partial charge in [-0.2, -0.15) is 0 Å². The van der Waals surface area contributed by atoms with E-state index < -0.39 is 11.6 Å². The number of carbonyl (C=O) groups is 1. The first-order chi connectivity index (χ1) is 20.0. The van der Waals surface area contributed by atoms with Gasteiger partial charge in [-0.15, -0.1) is 0 Å². The highest BCUT2D eigenvalue weighted by Gasteiger charge is 2.53. The van der Waals surface area contributed by atoms with Gasteiger partial charge >= 0.3 is 0 Å². The number of nitrogens with zero attached hydrogens (tertiary/aromatic N) is 1. The zero-order chi connectivity index (χ0) is 28.7. The second kappa shape index (κ2) is 13.1. The van der Waals surface area contributed by atoms with Crippen molar-refractivity contribution in [2.75, 3.05) is 13.2 Å². The molecule has 4 aromatic rings. The van der Waals surface area contributed by atoms with Crippen molar-refractivity contribution in [1.29, 1.82) is 0 Å². The molecule has 0 saturated heterocycles. The number of halogens is 2. The maximum absolute atomic E-state index is 14.3. The molecule has 0 aromatic heterocycles. The van der Waals surface area contributed by atoms with E-state index in [0.717, 1.165) is 21.2 Å². The SMILES string of the molecule is O=C(NCc1ccc(F)cc1)[C@]1(Cc2ccccc2)N=C(c2ccc(OCCCO)cc2)O[C@@H]1c1ccccc1Br. The van der Waals surface area contributed by atoms with Gasteiger partial charge in [-0.1, -0.05) is 76.6 Å². The molecule has 0 saturated carbocycles. The zero-order valence-corrected chi connectivity index (χ0v) is 23.9. The summed E-state index contributed by atoms with van der Waals surface area (Å²) in [5.41, 5.74) is 1.87. The fourth-order valence-corrected chi connectivity index (χ4v) is 5.28. The van der Waals surface area contributed by atoms with Crippen LogP contribution in [0.1, 0.15) is 34.8 Å². The van der Waals surface area contributed by atoms with E-state index in [1.165, 1.54) is 12.1 Å². The van der Waals surface area contributed by atoms with Crippen molar-refractivity contribution in [3.63, 3.8) is 0 Å². The molecule has 1 amide bonds. The summed E-state index contributed by atoms with van der Waals surface area (Å²) in [6.45, 7) is 0.681. The minimum Gasteiger partial charge on any atom is -0.494 e. The van der Waals surface area contributed by atoms with Gasteiger partial charge in [0.25, 0.3) is 5.91 Å². The number of nitrogens with one attached hydrogen (secondary N) is 1. The molecule has 1 aliphatic heterocycles. The average Bonchev–Trinajstić information content (AvgIpc) is 3.38. The molecule has 210 valence electrons. The Labute approximate surface area is 247 Å². The molecule has 6 nitrogen and oxygen atoms in total. The van der Waals surface area contributed by atoms with Gasteiger partial charge in [0, 0.05) is 41.6 Å². The third-order valence-corrected chi connectivity index (χ3v) is 7.62. The predicted molar refractivity (Wildman–Crippen MR) is 159 cm³/mol. The van der Waals surface area contributed by atoms with Gasteiger partial charge in [0.1, 0.15) is 11.6 Å². The summed E-state index contributed by atoms with van der Waals surface area (Å²) in [5, 5.41) is 12.1. The Morgan fingerprint density at radius 2 is 1.66 bits per heavy atom. The van der Waals surface area contributed by atoms with E-state index in [-0.39, 0.29) is 24.9 Å². The minimum absolute atomic E-state index is 0.0614. The van der Waals surface area contributed by atoms with Crippen molar-refractivity contribution in [3.05, 3.63) is 136 Å². The number of amides is 1. The molecule has 2 atom stereocenters. The quantitative estimate of drug-likeness (QED) is 0.198. The normalized spacial score (nSPS) is 17.9. The summed E-state index contributed by atoms with van der Waals surface area (Å²) in [7, 11) is 0. The second-order valence-electron chi connectivity index (χ2n) is 9.78. The smallest absolute Gasteiger partial charge is 0.252 e. The van der Waals surface area contributed by atoms with Crippen molar-refractivity contribution in [2.24, 2.45) is 4.99 Å². The Morgan fingerprint density at radius 3 is 2.37 bits per heavy atom. The molecule has 0 fully saturated rings. The summed E-state index contributed by atoms with van der Waals surface area (Å²) < 4.78 is 26.5. The van der Waals surface area contributed by atoms with Crippen LogP contribution in [0.5, 0.6) is 5.75 Å². The first-order valence-electron chi connectivity index (χ1n) is 13.4. The van der Waals surface area contributed by atoms with E-state index in [0.29, 0.717) is 36.7 Å². The number of aliphatic hydroxyl groups excluding tert-OH is 1. The van der Waals surface area contributed by atoms with E-state index in [2.05, 4.69) is 21.2 Å². The van der Waals surface area contributed by atoms with E-state index in [1.54, 1.807) is 12.1 Å². The Hall–Kier alpha value is -4.01. The molecule has 8 heteroatoms. The highest BCUT2D eigenvalue weighted by Crippen LogP contribution is 2.44. The van der Waals surface area contributed by atoms with Crippen molar-refractivity contribution >= 4 is 27.7 Å². The molecule has 1 heterocycles. The lowest BCUT2D eigenvalue weighted by molar-refractivity contribution is -0.129. The van der Waals surface area contributed by atoms with Gasteiger partial charge in [-0.25, -0.2) is 9.38 Å². The molecule has 2 N–H and O–H groups in total. The first-order valence-corrected chi connectivity index (χ1v) is 14.2. The largest absolute Gasteiger partial charge is 0.494 e. The number of carbonyl (C=O) groups excluding carboxylic acids is 1. The molecule has 0 spiro atoms. The topological polar surface area (TPSA) is 80.2 Å². The Balaban J connectivity index is 1.54. The van der Waals surface area contributed by atoms with Crippen LogP contribution in [0.25, 0.3) is 0 Å². The van der Waals surface area contributed by atoms with E-state index >= 15 is 0 Å². The Kier molecular flexibility index (Phi) is 9.11. The number of aliphatic imine (C=N–C) groups is 1. The summed E-state index contributed by atoms with van der Waals surface area (Å²) in [6, 6.07) is 30.8. The lowest BCUT2D eigenvalue weighted by Gasteiger charge is -2.31. The molecule has 0 aliphatic carbocycles. The molecule has 41 heavy (non-hydrogen) atoms.